The Morgan fingerprint density at radius 2 is 1.67 bits per heavy atom. The lowest BCUT2D eigenvalue weighted by molar-refractivity contribution is -0.870. The molecule has 0 saturated heterocycles. The van der Waals surface area contributed by atoms with Crippen LogP contribution >= 0.6 is 0 Å². The van der Waals surface area contributed by atoms with Crippen LogP contribution in [0.2, 0.25) is 0 Å². The van der Waals surface area contributed by atoms with Gasteiger partial charge in [0, 0.05) is 19.6 Å². The summed E-state index contributed by atoms with van der Waals surface area (Å²) in [5.41, 5.74) is 0. The number of likely N-dealkylation sites (N-methyl/N-ethyl adjacent to an activating group) is 1. The largest absolute Gasteiger partial charge is 0.460 e. The Balaban J connectivity index is 3.73. The first kappa shape index (κ1) is 17.3. The van der Waals surface area contributed by atoms with E-state index in [1.807, 2.05) is 26.0 Å². The van der Waals surface area contributed by atoms with Gasteiger partial charge in [0.15, 0.2) is 0 Å². The third-order valence-corrected chi connectivity index (χ3v) is 2.49. The molecule has 0 heterocycles. The number of hydrogen-bond acceptors (Lipinski definition) is 5. The molecule has 0 bridgehead atoms. The van der Waals surface area contributed by atoms with Crippen molar-refractivity contribution in [3.63, 3.8) is 0 Å². The van der Waals surface area contributed by atoms with E-state index in [0.717, 1.165) is 11.0 Å². The number of carbonyl (C=O) groups is 1. The van der Waals surface area contributed by atoms with Crippen molar-refractivity contribution in [1.29, 1.82) is 0 Å². The highest BCUT2D eigenvalue weighted by Gasteiger charge is 2.11. The molecule has 0 rings (SSSR count). The molecule has 0 unspecified atom stereocenters. The highest BCUT2D eigenvalue weighted by Crippen LogP contribution is 1.95. The maximum Gasteiger partial charge on any atom is 0.307 e. The maximum atomic E-state index is 11.5. The zero-order valence-electron chi connectivity index (χ0n) is 11.8. The molecule has 0 aliphatic rings. The van der Waals surface area contributed by atoms with E-state index in [1.54, 1.807) is 0 Å². The third-order valence-electron chi connectivity index (χ3n) is 2.49. The van der Waals surface area contributed by atoms with Crippen LogP contribution in [0.15, 0.2) is 0 Å². The average Bonchev–Trinajstić information content (AvgIpc) is 2.25. The molecule has 0 aromatic carbocycles. The highest BCUT2D eigenvalue weighted by atomic mass is 16.5. The fourth-order valence-electron chi connectivity index (χ4n) is 1.37. The summed E-state index contributed by atoms with van der Waals surface area (Å²) in [5.74, 6) is -0.232. The molecule has 0 amide bonds. The number of aliphatic hydroxyl groups excluding tert-OH is 2. The van der Waals surface area contributed by atoms with Crippen LogP contribution in [0.25, 0.3) is 0 Å². The van der Waals surface area contributed by atoms with E-state index in [4.69, 9.17) is 14.9 Å². The van der Waals surface area contributed by atoms with E-state index in [0.29, 0.717) is 26.2 Å². The fourth-order valence-corrected chi connectivity index (χ4v) is 1.37. The van der Waals surface area contributed by atoms with Gasteiger partial charge in [-0.05, 0) is 0 Å². The van der Waals surface area contributed by atoms with Gasteiger partial charge in [0.1, 0.15) is 13.2 Å². The third kappa shape index (κ3) is 10.5. The molecule has 108 valence electrons. The average molecular weight is 263 g/mol. The number of esters is 1. The van der Waals surface area contributed by atoms with Gasteiger partial charge in [-0.2, -0.15) is 0 Å². The summed E-state index contributed by atoms with van der Waals surface area (Å²) in [6.07, 6.45) is 0.289. The zero-order valence-corrected chi connectivity index (χ0v) is 11.8. The van der Waals surface area contributed by atoms with Gasteiger partial charge in [0.25, 0.3) is 0 Å². The monoisotopic (exact) mass is 263 g/mol. The molecule has 0 fully saturated rings. The van der Waals surface area contributed by atoms with Crippen LogP contribution in [0.1, 0.15) is 6.42 Å². The molecule has 2 N–H and O–H groups in total. The van der Waals surface area contributed by atoms with Crippen LogP contribution in [0.5, 0.6) is 0 Å². The lowest BCUT2D eigenvalue weighted by atomic mass is 10.3. The summed E-state index contributed by atoms with van der Waals surface area (Å²) >= 11 is 0. The number of carbonyl (C=O) groups excluding carboxylic acids is 1. The maximum absolute atomic E-state index is 11.5. The van der Waals surface area contributed by atoms with Crippen molar-refractivity contribution in [3.05, 3.63) is 0 Å². The first-order chi connectivity index (χ1) is 8.39. The summed E-state index contributed by atoms with van der Waals surface area (Å²) in [5, 5.41) is 17.6. The summed E-state index contributed by atoms with van der Waals surface area (Å²) in [6, 6.07) is 0. The first-order valence-electron chi connectivity index (χ1n) is 6.29. The van der Waals surface area contributed by atoms with Crippen molar-refractivity contribution in [2.24, 2.45) is 0 Å². The van der Waals surface area contributed by atoms with E-state index in [2.05, 4.69) is 0 Å². The van der Waals surface area contributed by atoms with Gasteiger partial charge < -0.3 is 19.4 Å². The van der Waals surface area contributed by atoms with Gasteiger partial charge in [-0.3, -0.25) is 9.69 Å². The second-order valence-electron chi connectivity index (χ2n) is 5.27. The standard InChI is InChI=1S/C12H27N2O4/c1-14(2,3)8-11-18-12(17)4-5-13(6-9-15)7-10-16/h15-16H,4-11H2,1-3H3/q+1. The Bertz CT molecular complexity index is 223. The number of hydrogen-bond donors (Lipinski definition) is 2. The van der Waals surface area contributed by atoms with Crippen LogP contribution < -0.4 is 0 Å². The van der Waals surface area contributed by atoms with Crippen molar-refractivity contribution >= 4 is 5.97 Å². The minimum atomic E-state index is -0.232. The summed E-state index contributed by atoms with van der Waals surface area (Å²) in [6.45, 7) is 2.68. The van der Waals surface area contributed by atoms with Crippen LogP contribution in [-0.2, 0) is 9.53 Å². The molecule has 0 aromatic heterocycles. The van der Waals surface area contributed by atoms with E-state index in [9.17, 15) is 4.79 Å². The van der Waals surface area contributed by atoms with Crippen molar-refractivity contribution < 1.29 is 24.2 Å². The number of ether oxygens (including phenoxy) is 1. The van der Waals surface area contributed by atoms with Gasteiger partial charge >= 0.3 is 5.97 Å². The molecule has 0 atom stereocenters. The van der Waals surface area contributed by atoms with Gasteiger partial charge in [-0.1, -0.05) is 0 Å². The molecule has 0 spiro atoms. The van der Waals surface area contributed by atoms with Gasteiger partial charge in [0.2, 0.25) is 0 Å². The zero-order chi connectivity index (χ0) is 14.0. The lowest BCUT2D eigenvalue weighted by Crippen LogP contribution is -2.38. The molecule has 0 aliphatic heterocycles. The Morgan fingerprint density at radius 3 is 2.11 bits per heavy atom. The fraction of sp³-hybridized carbons (Fsp3) is 0.917. The Kier molecular flexibility index (Phi) is 8.91. The molecule has 0 saturated carbocycles. The summed E-state index contributed by atoms with van der Waals surface area (Å²) in [7, 11) is 6.12. The van der Waals surface area contributed by atoms with Crippen molar-refractivity contribution in [1.82, 2.24) is 4.90 Å². The quantitative estimate of drug-likeness (QED) is 0.387. The minimum absolute atomic E-state index is 0.0244. The molecular formula is C12H27N2O4+. The molecule has 0 radical (unpaired) electrons. The van der Waals surface area contributed by atoms with Crippen LogP contribution in [0.4, 0.5) is 0 Å². The van der Waals surface area contributed by atoms with E-state index in [1.165, 1.54) is 0 Å². The number of aliphatic hydroxyl groups is 2. The summed E-state index contributed by atoms with van der Waals surface area (Å²) < 4.78 is 5.88. The second-order valence-corrected chi connectivity index (χ2v) is 5.27. The van der Waals surface area contributed by atoms with Gasteiger partial charge in [-0.25, -0.2) is 0 Å². The smallest absolute Gasteiger partial charge is 0.307 e. The van der Waals surface area contributed by atoms with Crippen molar-refractivity contribution in [2.45, 2.75) is 6.42 Å². The second kappa shape index (κ2) is 9.27. The SMILES string of the molecule is C[N+](C)(C)CCOC(=O)CCN(CCO)CCO. The van der Waals surface area contributed by atoms with E-state index >= 15 is 0 Å². The van der Waals surface area contributed by atoms with Crippen molar-refractivity contribution in [3.8, 4) is 0 Å². The molecular weight excluding hydrogens is 236 g/mol. The number of nitrogens with zero attached hydrogens (tertiary/aromatic N) is 2. The van der Waals surface area contributed by atoms with Crippen LogP contribution in [0.3, 0.4) is 0 Å². The van der Waals surface area contributed by atoms with E-state index in [-0.39, 0.29) is 25.6 Å². The summed E-state index contributed by atoms with van der Waals surface area (Å²) in [4.78, 5) is 13.3. The topological polar surface area (TPSA) is 70.0 Å². The Hall–Kier alpha value is -0.690. The Labute approximate surface area is 109 Å². The molecule has 0 aromatic rings. The number of rotatable bonds is 10. The van der Waals surface area contributed by atoms with Crippen molar-refractivity contribution in [2.75, 3.05) is 67.1 Å². The predicted octanol–water partition coefficient (Wildman–Crippen LogP) is -1.09. The van der Waals surface area contributed by atoms with Crippen LogP contribution in [0, 0.1) is 0 Å². The molecule has 6 heteroatoms. The number of quaternary nitrogens is 1. The molecule has 18 heavy (non-hydrogen) atoms. The van der Waals surface area contributed by atoms with Gasteiger partial charge in [0.05, 0.1) is 40.8 Å². The van der Waals surface area contributed by atoms with Crippen LogP contribution in [-0.4, -0.2) is 92.7 Å². The lowest BCUT2D eigenvalue weighted by Gasteiger charge is -2.23. The van der Waals surface area contributed by atoms with Gasteiger partial charge in [-0.15, -0.1) is 0 Å². The predicted molar refractivity (Wildman–Crippen MR) is 69.1 cm³/mol. The minimum Gasteiger partial charge on any atom is -0.460 e. The normalized spacial score (nSPS) is 11.9. The Morgan fingerprint density at radius 1 is 1.11 bits per heavy atom. The molecule has 6 nitrogen and oxygen atoms in total. The highest BCUT2D eigenvalue weighted by molar-refractivity contribution is 5.69. The van der Waals surface area contributed by atoms with E-state index < -0.39 is 0 Å². The first-order valence-corrected chi connectivity index (χ1v) is 6.29. The molecule has 0 aliphatic carbocycles.